The maximum Gasteiger partial charge on any atom is 0.245 e. The zero-order valence-electron chi connectivity index (χ0n) is 20.4. The average molecular weight is 583 g/mol. The molecule has 4 rings (SSSR count). The van der Waals surface area contributed by atoms with Gasteiger partial charge in [0.1, 0.15) is 0 Å². The first-order valence-corrected chi connectivity index (χ1v) is 20.5. The third-order valence-electron chi connectivity index (χ3n) is 5.49. The van der Waals surface area contributed by atoms with E-state index >= 15 is 8.42 Å². The summed E-state index contributed by atoms with van der Waals surface area (Å²) >= 11 is 0. The molecular weight excluding hydrogens is 553 g/mol. The minimum absolute atomic E-state index is 0.340. The monoisotopic (exact) mass is 582 g/mol. The fourth-order valence-corrected chi connectivity index (χ4v) is 34.9. The van der Waals surface area contributed by atoms with E-state index in [9.17, 15) is 0 Å². The van der Waals surface area contributed by atoms with Crippen LogP contribution in [0, 0.1) is 0 Å². The van der Waals surface area contributed by atoms with Crippen molar-refractivity contribution in [3.05, 3.63) is 147 Å². The van der Waals surface area contributed by atoms with Crippen LogP contribution in [-0.4, -0.2) is 19.9 Å². The fourth-order valence-electron chi connectivity index (χ4n) is 3.85. The van der Waals surface area contributed by atoms with Crippen molar-refractivity contribution >= 4 is 45.7 Å². The van der Waals surface area contributed by atoms with Crippen LogP contribution in [0.5, 0.6) is 0 Å². The Balaban J connectivity index is 2.06. The minimum Gasteiger partial charge on any atom is -0.207 e. The predicted octanol–water partition coefficient (Wildman–Crippen LogP) is 9.75. The van der Waals surface area contributed by atoms with E-state index in [1.165, 1.54) is 21.6 Å². The summed E-state index contributed by atoms with van der Waals surface area (Å²) in [6, 6.07) is 39.1. The lowest BCUT2D eigenvalue weighted by molar-refractivity contribution is 0.622. The first kappa shape index (κ1) is 27.7. The molecule has 0 aromatic heterocycles. The minimum atomic E-state index is -3.86. The highest BCUT2D eigenvalue weighted by molar-refractivity contribution is 9.48. The number of rotatable bonds is 12. The van der Waals surface area contributed by atoms with Crippen molar-refractivity contribution in [2.24, 2.45) is 0 Å². The summed E-state index contributed by atoms with van der Waals surface area (Å²) in [5.74, 6) is 0.681. The Bertz CT molecular complexity index is 1310. The predicted molar refractivity (Wildman–Crippen MR) is 168 cm³/mol. The van der Waals surface area contributed by atoms with Crippen molar-refractivity contribution in [3.63, 3.8) is 0 Å². The van der Waals surface area contributed by atoms with Crippen LogP contribution in [0.4, 0.5) is 0 Å². The van der Waals surface area contributed by atoms with Crippen LogP contribution in [0.1, 0.15) is 0 Å². The molecule has 37 heavy (non-hydrogen) atoms. The molecule has 7 heteroatoms. The van der Waals surface area contributed by atoms with Crippen molar-refractivity contribution in [1.82, 2.24) is 0 Å². The summed E-state index contributed by atoms with van der Waals surface area (Å²) < 4.78 is 31.2. The zero-order valence-corrected chi connectivity index (χ0v) is 24.5. The Kier molecular flexibility index (Phi) is 9.37. The average Bonchev–Trinajstić information content (AvgIpc) is 2.94. The van der Waals surface area contributed by atoms with Crippen LogP contribution in [-0.2, 0) is 7.90 Å². The van der Waals surface area contributed by atoms with Crippen LogP contribution in [0.3, 0.4) is 0 Å². The summed E-state index contributed by atoms with van der Waals surface area (Å²) in [7, 11) is -6.04. The summed E-state index contributed by atoms with van der Waals surface area (Å²) in [6.07, 6.45) is 3.54. The molecule has 0 heterocycles. The van der Waals surface area contributed by atoms with Crippen LogP contribution < -0.4 is 0 Å². The van der Waals surface area contributed by atoms with Gasteiger partial charge in [0.05, 0.1) is 0 Å². The molecule has 0 spiro atoms. The van der Waals surface area contributed by atoms with E-state index in [4.69, 9.17) is 0 Å². The van der Waals surface area contributed by atoms with Gasteiger partial charge in [-0.05, 0) is 64.7 Å². The third-order valence-corrected chi connectivity index (χ3v) is 32.5. The highest BCUT2D eigenvalue weighted by Crippen LogP contribution is 2.87. The van der Waals surface area contributed by atoms with Gasteiger partial charge in [0, 0.05) is 31.1 Å². The van der Waals surface area contributed by atoms with Crippen molar-refractivity contribution in [3.8, 4) is 0 Å². The molecule has 0 N–H and O–H groups in total. The van der Waals surface area contributed by atoms with Gasteiger partial charge in [-0.25, -0.2) is 8.42 Å². The van der Waals surface area contributed by atoms with Crippen molar-refractivity contribution < 1.29 is 8.42 Å². The SMILES string of the molecule is C=CCS(Sc1ccccc1)(c1ccccc1)S(=O)(=O)S(CC=C)(Sc1ccccc1)c1ccccc1. The molecule has 0 fully saturated rings. The van der Waals surface area contributed by atoms with E-state index in [-0.39, 0.29) is 0 Å². The van der Waals surface area contributed by atoms with Crippen molar-refractivity contribution in [2.75, 3.05) is 11.5 Å². The molecule has 0 aliphatic carbocycles. The van der Waals surface area contributed by atoms with E-state index in [0.717, 1.165) is 19.6 Å². The molecule has 0 saturated heterocycles. The Labute approximate surface area is 230 Å². The van der Waals surface area contributed by atoms with Crippen LogP contribution in [0.2, 0.25) is 0 Å². The highest BCUT2D eigenvalue weighted by atomic mass is 33.9. The van der Waals surface area contributed by atoms with E-state index in [1.54, 1.807) is 12.2 Å². The van der Waals surface area contributed by atoms with E-state index < -0.39 is 24.1 Å². The normalized spacial score (nSPS) is 16.4. The summed E-state index contributed by atoms with van der Waals surface area (Å²) in [5, 5.41) is 0. The smallest absolute Gasteiger partial charge is 0.207 e. The van der Waals surface area contributed by atoms with Gasteiger partial charge in [0.25, 0.3) is 0 Å². The topological polar surface area (TPSA) is 34.1 Å². The first-order valence-electron chi connectivity index (χ1n) is 11.7. The Morgan fingerprint density at radius 2 is 0.811 bits per heavy atom. The number of hydrogen-bond donors (Lipinski definition) is 0. The summed E-state index contributed by atoms with van der Waals surface area (Å²) in [4.78, 5) is 3.51. The van der Waals surface area contributed by atoms with Crippen LogP contribution in [0.15, 0.2) is 166 Å². The molecule has 0 aliphatic heterocycles. The van der Waals surface area contributed by atoms with E-state index in [1.807, 2.05) is 121 Å². The second kappa shape index (κ2) is 12.5. The molecular formula is C30H30O2S5. The second-order valence-corrected chi connectivity index (χ2v) is 26.5. The zero-order chi connectivity index (χ0) is 26.2. The van der Waals surface area contributed by atoms with Crippen LogP contribution >= 0.6 is 37.8 Å². The molecule has 2 unspecified atom stereocenters. The highest BCUT2D eigenvalue weighted by Gasteiger charge is 2.52. The number of benzene rings is 4. The summed E-state index contributed by atoms with van der Waals surface area (Å²) in [6.45, 7) is 8.07. The van der Waals surface area contributed by atoms with Gasteiger partial charge in [-0.2, -0.15) is 0 Å². The molecule has 4 aromatic rings. The third kappa shape index (κ3) is 5.61. The lowest BCUT2D eigenvalue weighted by Gasteiger charge is -2.48. The Morgan fingerprint density at radius 3 is 1.11 bits per heavy atom. The standard InChI is InChI=1S/C30H30O2S5/c1-3-25-35(29-21-13-7-14-22-29,33-27-17-9-5-10-18-27)37(31,32)36(26-4-2,30-23-15-8-16-24-30)34-28-19-11-6-12-20-28/h3-24H,1-2,25-26H2. The Hall–Kier alpha value is -2.29. The Morgan fingerprint density at radius 1 is 0.514 bits per heavy atom. The van der Waals surface area contributed by atoms with Crippen molar-refractivity contribution in [1.29, 1.82) is 0 Å². The van der Waals surface area contributed by atoms with Crippen molar-refractivity contribution in [2.45, 2.75) is 19.6 Å². The lowest BCUT2D eigenvalue weighted by atomic mass is 10.4. The van der Waals surface area contributed by atoms with Gasteiger partial charge in [0.2, 0.25) is 7.90 Å². The molecule has 0 bridgehead atoms. The molecule has 192 valence electrons. The van der Waals surface area contributed by atoms with E-state index in [0.29, 0.717) is 11.5 Å². The molecule has 2 atom stereocenters. The van der Waals surface area contributed by atoms with Gasteiger partial charge in [-0.3, -0.25) is 0 Å². The second-order valence-electron chi connectivity index (χ2n) is 7.97. The molecule has 0 radical (unpaired) electrons. The summed E-state index contributed by atoms with van der Waals surface area (Å²) in [5.41, 5.74) is 0. The number of hydrogen-bond acceptors (Lipinski definition) is 4. The molecule has 0 amide bonds. The van der Waals surface area contributed by atoms with Gasteiger partial charge < -0.3 is 0 Å². The molecule has 2 nitrogen and oxygen atoms in total. The van der Waals surface area contributed by atoms with E-state index in [2.05, 4.69) is 13.2 Å². The molecule has 0 saturated carbocycles. The first-order chi connectivity index (χ1) is 18.0. The quantitative estimate of drug-likeness (QED) is 0.123. The maximum atomic E-state index is 15.6. The molecule has 4 aromatic carbocycles. The lowest BCUT2D eigenvalue weighted by Crippen LogP contribution is -2.21. The largest absolute Gasteiger partial charge is 0.245 e. The van der Waals surface area contributed by atoms with Gasteiger partial charge in [0.15, 0.2) is 0 Å². The molecule has 0 aliphatic rings. The maximum absolute atomic E-state index is 15.6. The van der Waals surface area contributed by atoms with Gasteiger partial charge in [-0.1, -0.05) is 107 Å². The fraction of sp³-hybridized carbons (Fsp3) is 0.0667. The van der Waals surface area contributed by atoms with Gasteiger partial charge in [-0.15, -0.1) is 13.2 Å². The van der Waals surface area contributed by atoms with Crippen LogP contribution in [0.25, 0.3) is 0 Å². The van der Waals surface area contributed by atoms with Gasteiger partial charge >= 0.3 is 0 Å².